The monoisotopic (exact) mass is 247 g/mol. The highest BCUT2D eigenvalue weighted by molar-refractivity contribution is 5.32. The molecule has 3 rings (SSSR count). The zero-order chi connectivity index (χ0) is 12.5. The molecule has 0 radical (unpaired) electrons. The second-order valence-corrected chi connectivity index (χ2v) is 5.66. The smallest absolute Gasteiger partial charge is 0.225 e. The number of aromatic nitrogens is 2. The lowest BCUT2D eigenvalue weighted by molar-refractivity contribution is 0.109. The van der Waals surface area contributed by atoms with E-state index >= 15 is 0 Å². The molecule has 1 aromatic rings. The molecular weight excluding hydrogens is 226 g/mol. The SMILES string of the molecule is CC(O)C1CCN(c2ncc(C3CC3)cn2)CC1. The van der Waals surface area contributed by atoms with Gasteiger partial charge in [0, 0.05) is 25.5 Å². The summed E-state index contributed by atoms with van der Waals surface area (Å²) in [5.41, 5.74) is 1.29. The van der Waals surface area contributed by atoms with Crippen LogP contribution in [-0.2, 0) is 0 Å². The first kappa shape index (κ1) is 11.9. The molecule has 18 heavy (non-hydrogen) atoms. The number of rotatable bonds is 3. The molecule has 2 aliphatic rings. The Bertz CT molecular complexity index is 392. The average molecular weight is 247 g/mol. The largest absolute Gasteiger partial charge is 0.393 e. The second kappa shape index (κ2) is 4.84. The first-order chi connectivity index (χ1) is 8.74. The molecule has 0 amide bonds. The highest BCUT2D eigenvalue weighted by atomic mass is 16.3. The van der Waals surface area contributed by atoms with E-state index in [4.69, 9.17) is 0 Å². The first-order valence-electron chi connectivity index (χ1n) is 6.99. The maximum absolute atomic E-state index is 9.59. The molecule has 1 saturated carbocycles. The first-order valence-corrected chi connectivity index (χ1v) is 6.99. The molecule has 1 aliphatic carbocycles. The van der Waals surface area contributed by atoms with Gasteiger partial charge in [0.2, 0.25) is 5.95 Å². The molecule has 1 aromatic heterocycles. The predicted molar refractivity (Wildman–Crippen MR) is 70.6 cm³/mol. The quantitative estimate of drug-likeness (QED) is 0.887. The van der Waals surface area contributed by atoms with E-state index in [0.29, 0.717) is 5.92 Å². The Morgan fingerprint density at radius 2 is 1.78 bits per heavy atom. The molecular formula is C14H21N3O. The highest BCUT2D eigenvalue weighted by Crippen LogP contribution is 2.39. The van der Waals surface area contributed by atoms with Gasteiger partial charge in [-0.15, -0.1) is 0 Å². The van der Waals surface area contributed by atoms with Crippen molar-refractivity contribution in [3.8, 4) is 0 Å². The summed E-state index contributed by atoms with van der Waals surface area (Å²) in [6.07, 6.45) is 8.44. The lowest BCUT2D eigenvalue weighted by atomic mass is 9.92. The summed E-state index contributed by atoms with van der Waals surface area (Å²) in [6.45, 7) is 3.80. The van der Waals surface area contributed by atoms with Crippen molar-refractivity contribution >= 4 is 5.95 Å². The fourth-order valence-electron chi connectivity index (χ4n) is 2.70. The molecule has 4 heteroatoms. The van der Waals surface area contributed by atoms with Gasteiger partial charge in [-0.05, 0) is 50.0 Å². The Balaban J connectivity index is 1.61. The van der Waals surface area contributed by atoms with E-state index in [-0.39, 0.29) is 6.10 Å². The number of anilines is 1. The average Bonchev–Trinajstić information content (AvgIpc) is 3.23. The van der Waals surface area contributed by atoms with E-state index in [2.05, 4.69) is 14.9 Å². The van der Waals surface area contributed by atoms with Gasteiger partial charge in [0.1, 0.15) is 0 Å². The highest BCUT2D eigenvalue weighted by Gasteiger charge is 2.26. The van der Waals surface area contributed by atoms with Crippen LogP contribution in [0.4, 0.5) is 5.95 Å². The van der Waals surface area contributed by atoms with Crippen molar-refractivity contribution in [2.45, 2.75) is 44.6 Å². The molecule has 1 aliphatic heterocycles. The van der Waals surface area contributed by atoms with Gasteiger partial charge < -0.3 is 10.0 Å². The summed E-state index contributed by atoms with van der Waals surface area (Å²) < 4.78 is 0. The van der Waals surface area contributed by atoms with Crippen LogP contribution < -0.4 is 4.90 Å². The zero-order valence-corrected chi connectivity index (χ0v) is 10.9. The number of nitrogens with zero attached hydrogens (tertiary/aromatic N) is 3. The molecule has 2 heterocycles. The molecule has 2 fully saturated rings. The molecule has 0 bridgehead atoms. The number of aliphatic hydroxyl groups is 1. The molecule has 1 N–H and O–H groups in total. The van der Waals surface area contributed by atoms with Crippen molar-refractivity contribution < 1.29 is 5.11 Å². The summed E-state index contributed by atoms with van der Waals surface area (Å²) in [4.78, 5) is 11.2. The minimum Gasteiger partial charge on any atom is -0.393 e. The van der Waals surface area contributed by atoms with E-state index in [1.807, 2.05) is 19.3 Å². The molecule has 4 nitrogen and oxygen atoms in total. The fourth-order valence-corrected chi connectivity index (χ4v) is 2.70. The van der Waals surface area contributed by atoms with Crippen LogP contribution in [-0.4, -0.2) is 34.3 Å². The van der Waals surface area contributed by atoms with E-state index in [1.54, 1.807) is 0 Å². The van der Waals surface area contributed by atoms with Gasteiger partial charge in [0.05, 0.1) is 6.10 Å². The van der Waals surface area contributed by atoms with Gasteiger partial charge in [-0.2, -0.15) is 0 Å². The van der Waals surface area contributed by atoms with Crippen molar-refractivity contribution in [3.63, 3.8) is 0 Å². The topological polar surface area (TPSA) is 49.2 Å². The van der Waals surface area contributed by atoms with Crippen LogP contribution in [0.15, 0.2) is 12.4 Å². The van der Waals surface area contributed by atoms with Crippen molar-refractivity contribution in [2.24, 2.45) is 5.92 Å². The van der Waals surface area contributed by atoms with Crippen molar-refractivity contribution in [3.05, 3.63) is 18.0 Å². The number of piperidine rings is 1. The van der Waals surface area contributed by atoms with Crippen molar-refractivity contribution in [1.82, 2.24) is 9.97 Å². The van der Waals surface area contributed by atoms with Crippen LogP contribution in [0.5, 0.6) is 0 Å². The van der Waals surface area contributed by atoms with Gasteiger partial charge in [0.15, 0.2) is 0 Å². The zero-order valence-electron chi connectivity index (χ0n) is 10.9. The van der Waals surface area contributed by atoms with Gasteiger partial charge in [-0.3, -0.25) is 0 Å². The van der Waals surface area contributed by atoms with E-state index in [1.165, 1.54) is 18.4 Å². The van der Waals surface area contributed by atoms with Crippen LogP contribution in [0.2, 0.25) is 0 Å². The molecule has 0 spiro atoms. The molecule has 0 aromatic carbocycles. The third kappa shape index (κ3) is 2.48. The number of hydrogen-bond donors (Lipinski definition) is 1. The lowest BCUT2D eigenvalue weighted by Gasteiger charge is -2.33. The standard InChI is InChI=1S/C14H21N3O/c1-10(18)11-4-6-17(7-5-11)14-15-8-13(9-16-14)12-2-3-12/h8-12,18H,2-7H2,1H3. The molecule has 1 unspecified atom stereocenters. The minimum atomic E-state index is -0.190. The Morgan fingerprint density at radius 3 is 2.28 bits per heavy atom. The normalized spacial score (nSPS) is 23.1. The number of aliphatic hydroxyl groups excluding tert-OH is 1. The summed E-state index contributed by atoms with van der Waals surface area (Å²) >= 11 is 0. The van der Waals surface area contributed by atoms with Gasteiger partial charge in [-0.1, -0.05) is 0 Å². The lowest BCUT2D eigenvalue weighted by Crippen LogP contribution is -2.37. The molecule has 1 saturated heterocycles. The summed E-state index contributed by atoms with van der Waals surface area (Å²) in [5.74, 6) is 2.01. The van der Waals surface area contributed by atoms with Crippen LogP contribution in [0, 0.1) is 5.92 Å². The van der Waals surface area contributed by atoms with Crippen LogP contribution >= 0.6 is 0 Å². The van der Waals surface area contributed by atoms with E-state index < -0.39 is 0 Å². The molecule has 98 valence electrons. The minimum absolute atomic E-state index is 0.190. The summed E-state index contributed by atoms with van der Waals surface area (Å²) in [5, 5.41) is 9.59. The third-order valence-electron chi connectivity index (χ3n) is 4.21. The maximum Gasteiger partial charge on any atom is 0.225 e. The Morgan fingerprint density at radius 1 is 1.17 bits per heavy atom. The predicted octanol–water partition coefficient (Wildman–Crippen LogP) is 1.95. The van der Waals surface area contributed by atoms with Crippen LogP contribution in [0.25, 0.3) is 0 Å². The Labute approximate surface area is 108 Å². The van der Waals surface area contributed by atoms with E-state index in [0.717, 1.165) is 37.8 Å². The van der Waals surface area contributed by atoms with Gasteiger partial charge in [0.25, 0.3) is 0 Å². The molecule has 1 atom stereocenters. The second-order valence-electron chi connectivity index (χ2n) is 5.66. The van der Waals surface area contributed by atoms with Gasteiger partial charge >= 0.3 is 0 Å². The van der Waals surface area contributed by atoms with E-state index in [9.17, 15) is 5.11 Å². The summed E-state index contributed by atoms with van der Waals surface area (Å²) in [6, 6.07) is 0. The number of hydrogen-bond acceptors (Lipinski definition) is 4. The Hall–Kier alpha value is -1.16. The van der Waals surface area contributed by atoms with Gasteiger partial charge in [-0.25, -0.2) is 9.97 Å². The fraction of sp³-hybridized carbons (Fsp3) is 0.714. The van der Waals surface area contributed by atoms with Crippen molar-refractivity contribution in [2.75, 3.05) is 18.0 Å². The van der Waals surface area contributed by atoms with Crippen molar-refractivity contribution in [1.29, 1.82) is 0 Å². The van der Waals surface area contributed by atoms with Crippen LogP contribution in [0.1, 0.15) is 44.1 Å². The van der Waals surface area contributed by atoms with Crippen LogP contribution in [0.3, 0.4) is 0 Å². The third-order valence-corrected chi connectivity index (χ3v) is 4.21. The Kier molecular flexibility index (Phi) is 3.20. The maximum atomic E-state index is 9.59. The summed E-state index contributed by atoms with van der Waals surface area (Å²) in [7, 11) is 0.